The summed E-state index contributed by atoms with van der Waals surface area (Å²) in [4.78, 5) is 15.8. The molecule has 1 unspecified atom stereocenters. The lowest BCUT2D eigenvalue weighted by Crippen LogP contribution is -2.35. The number of hydrogen-bond donors (Lipinski definition) is 1. The summed E-state index contributed by atoms with van der Waals surface area (Å²) in [5.41, 5.74) is 2.04. The monoisotopic (exact) mass is 333 g/mol. The molecule has 0 spiro atoms. The fraction of sp³-hybridized carbons (Fsp3) is 0.562. The number of rotatable bonds is 5. The molecule has 3 rings (SSSR count). The summed E-state index contributed by atoms with van der Waals surface area (Å²) in [6, 6.07) is 2.00. The minimum absolute atomic E-state index is 0.0256. The summed E-state index contributed by atoms with van der Waals surface area (Å²) < 4.78 is 5.85. The highest BCUT2D eigenvalue weighted by molar-refractivity contribution is 7.09. The molecular formula is C16H23N5OS. The molecule has 0 aromatic carbocycles. The average molecular weight is 333 g/mol. The van der Waals surface area contributed by atoms with Crippen molar-refractivity contribution < 1.29 is 4.74 Å². The van der Waals surface area contributed by atoms with Crippen molar-refractivity contribution in [1.29, 1.82) is 0 Å². The molecule has 3 heterocycles. The Morgan fingerprint density at radius 2 is 2.22 bits per heavy atom. The molecule has 1 aliphatic heterocycles. The molecule has 2 aromatic rings. The van der Waals surface area contributed by atoms with Gasteiger partial charge in [0.15, 0.2) is 0 Å². The number of thiazole rings is 1. The predicted octanol–water partition coefficient (Wildman–Crippen LogP) is 2.21. The van der Waals surface area contributed by atoms with Crippen molar-refractivity contribution in [3.8, 4) is 0 Å². The third-order valence-corrected chi connectivity index (χ3v) is 4.80. The second kappa shape index (κ2) is 7.33. The Morgan fingerprint density at radius 1 is 1.35 bits per heavy atom. The maximum absolute atomic E-state index is 5.85. The normalized spacial score (nSPS) is 19.0. The van der Waals surface area contributed by atoms with Gasteiger partial charge in [0.2, 0.25) is 0 Å². The Balaban J connectivity index is 1.63. The molecule has 1 fully saturated rings. The van der Waals surface area contributed by atoms with Crippen LogP contribution >= 0.6 is 11.3 Å². The molecule has 0 amide bonds. The van der Waals surface area contributed by atoms with Gasteiger partial charge >= 0.3 is 0 Å². The van der Waals surface area contributed by atoms with Crippen molar-refractivity contribution in [2.24, 2.45) is 0 Å². The molecule has 0 aliphatic carbocycles. The van der Waals surface area contributed by atoms with Crippen LogP contribution in [0.15, 0.2) is 11.4 Å². The van der Waals surface area contributed by atoms with Crippen molar-refractivity contribution in [2.45, 2.75) is 26.4 Å². The summed E-state index contributed by atoms with van der Waals surface area (Å²) in [5, 5.41) is 6.61. The van der Waals surface area contributed by atoms with E-state index in [4.69, 9.17) is 4.74 Å². The highest BCUT2D eigenvalue weighted by Crippen LogP contribution is 2.22. The van der Waals surface area contributed by atoms with Crippen LogP contribution in [-0.4, -0.2) is 53.1 Å². The van der Waals surface area contributed by atoms with Gasteiger partial charge < -0.3 is 15.0 Å². The van der Waals surface area contributed by atoms with E-state index in [9.17, 15) is 0 Å². The predicted molar refractivity (Wildman–Crippen MR) is 92.0 cm³/mol. The van der Waals surface area contributed by atoms with Crippen molar-refractivity contribution in [3.63, 3.8) is 0 Å². The molecular weight excluding hydrogens is 310 g/mol. The van der Waals surface area contributed by atoms with Gasteiger partial charge in [-0.1, -0.05) is 0 Å². The average Bonchev–Trinajstić information content (AvgIpc) is 2.92. The van der Waals surface area contributed by atoms with Crippen LogP contribution in [0.25, 0.3) is 0 Å². The van der Waals surface area contributed by atoms with Gasteiger partial charge in [-0.05, 0) is 20.9 Å². The van der Waals surface area contributed by atoms with Crippen LogP contribution in [0, 0.1) is 13.8 Å². The first-order valence-corrected chi connectivity index (χ1v) is 8.79. The molecule has 6 nitrogen and oxygen atoms in total. The Morgan fingerprint density at radius 3 is 2.96 bits per heavy atom. The summed E-state index contributed by atoms with van der Waals surface area (Å²) in [5.74, 6) is 1.63. The van der Waals surface area contributed by atoms with E-state index in [1.54, 1.807) is 11.3 Å². The zero-order chi connectivity index (χ0) is 16.2. The highest BCUT2D eigenvalue weighted by Gasteiger charge is 2.21. The second-order valence-corrected chi connectivity index (χ2v) is 6.85. The molecule has 1 saturated heterocycles. The van der Waals surface area contributed by atoms with Crippen LogP contribution < -0.4 is 5.32 Å². The number of aryl methyl sites for hydroxylation is 2. The zero-order valence-corrected chi connectivity index (χ0v) is 14.7. The first kappa shape index (κ1) is 16.3. The molecule has 124 valence electrons. The smallest absolute Gasteiger partial charge is 0.130 e. The number of morpholine rings is 1. The Bertz CT molecular complexity index is 660. The SMILES string of the molecule is Cc1csc(CCNc2cc(C3CN(C)CCO3)nc(C)n2)n1. The number of nitrogens with one attached hydrogen (secondary N) is 1. The van der Waals surface area contributed by atoms with Crippen LogP contribution in [0.3, 0.4) is 0 Å². The lowest BCUT2D eigenvalue weighted by atomic mass is 10.2. The van der Waals surface area contributed by atoms with Crippen LogP contribution in [0.4, 0.5) is 5.82 Å². The minimum atomic E-state index is 0.0256. The van der Waals surface area contributed by atoms with Gasteiger partial charge in [-0.25, -0.2) is 15.0 Å². The van der Waals surface area contributed by atoms with Crippen LogP contribution in [0.5, 0.6) is 0 Å². The lowest BCUT2D eigenvalue weighted by Gasteiger charge is -2.29. The molecule has 23 heavy (non-hydrogen) atoms. The Kier molecular flexibility index (Phi) is 5.20. The van der Waals surface area contributed by atoms with E-state index < -0.39 is 0 Å². The van der Waals surface area contributed by atoms with E-state index in [0.717, 1.165) is 60.7 Å². The molecule has 2 aromatic heterocycles. The van der Waals surface area contributed by atoms with Crippen LogP contribution in [-0.2, 0) is 11.2 Å². The van der Waals surface area contributed by atoms with E-state index in [1.165, 1.54) is 0 Å². The van der Waals surface area contributed by atoms with Crippen molar-refractivity contribution in [1.82, 2.24) is 19.9 Å². The molecule has 0 bridgehead atoms. The van der Waals surface area contributed by atoms with E-state index in [-0.39, 0.29) is 6.10 Å². The molecule has 7 heteroatoms. The van der Waals surface area contributed by atoms with Crippen molar-refractivity contribution in [3.05, 3.63) is 33.7 Å². The zero-order valence-electron chi connectivity index (χ0n) is 13.9. The van der Waals surface area contributed by atoms with Gasteiger partial charge in [-0.2, -0.15) is 0 Å². The number of likely N-dealkylation sites (N-methyl/N-ethyl adjacent to an activating group) is 1. The van der Waals surface area contributed by atoms with Gasteiger partial charge in [0.05, 0.1) is 17.3 Å². The number of anilines is 1. The maximum Gasteiger partial charge on any atom is 0.130 e. The number of aromatic nitrogens is 3. The van der Waals surface area contributed by atoms with Crippen molar-refractivity contribution >= 4 is 17.2 Å². The van der Waals surface area contributed by atoms with Gasteiger partial charge in [-0.15, -0.1) is 11.3 Å². The van der Waals surface area contributed by atoms with Crippen LogP contribution in [0.2, 0.25) is 0 Å². The Labute approximate surface area is 140 Å². The topological polar surface area (TPSA) is 63.2 Å². The number of hydrogen-bond acceptors (Lipinski definition) is 7. The number of nitrogens with zero attached hydrogens (tertiary/aromatic N) is 4. The maximum atomic E-state index is 5.85. The van der Waals surface area contributed by atoms with E-state index in [0.29, 0.717) is 0 Å². The van der Waals surface area contributed by atoms with Gasteiger partial charge in [0.25, 0.3) is 0 Å². The summed E-state index contributed by atoms with van der Waals surface area (Å²) in [6.07, 6.45) is 0.928. The first-order valence-electron chi connectivity index (χ1n) is 7.91. The molecule has 0 saturated carbocycles. The number of ether oxygens (including phenoxy) is 1. The molecule has 1 N–H and O–H groups in total. The van der Waals surface area contributed by atoms with Gasteiger partial charge in [0, 0.05) is 43.2 Å². The lowest BCUT2D eigenvalue weighted by molar-refractivity contribution is -0.0232. The minimum Gasteiger partial charge on any atom is -0.370 e. The van der Waals surface area contributed by atoms with E-state index in [2.05, 4.69) is 37.6 Å². The van der Waals surface area contributed by atoms with Crippen LogP contribution in [0.1, 0.15) is 28.3 Å². The Hall–Kier alpha value is -1.57. The van der Waals surface area contributed by atoms with E-state index >= 15 is 0 Å². The third kappa shape index (κ3) is 4.46. The standard InChI is InChI=1S/C16H23N5OS/c1-11-10-23-16(18-11)4-5-17-15-8-13(19-12(2)20-15)14-9-21(3)6-7-22-14/h8,10,14H,4-7,9H2,1-3H3,(H,17,19,20). The summed E-state index contributed by atoms with van der Waals surface area (Å²) >= 11 is 1.70. The molecule has 1 aliphatic rings. The third-order valence-electron chi connectivity index (χ3n) is 3.77. The second-order valence-electron chi connectivity index (χ2n) is 5.91. The fourth-order valence-corrected chi connectivity index (χ4v) is 3.39. The van der Waals surface area contributed by atoms with E-state index in [1.807, 2.05) is 19.9 Å². The first-order chi connectivity index (χ1) is 11.1. The molecule has 0 radical (unpaired) electrons. The quantitative estimate of drug-likeness (QED) is 0.905. The van der Waals surface area contributed by atoms with Gasteiger partial charge in [-0.3, -0.25) is 0 Å². The summed E-state index contributed by atoms with van der Waals surface area (Å²) in [7, 11) is 2.11. The van der Waals surface area contributed by atoms with Crippen molar-refractivity contribution in [2.75, 3.05) is 38.6 Å². The molecule has 1 atom stereocenters. The summed E-state index contributed by atoms with van der Waals surface area (Å²) in [6.45, 7) is 7.35. The highest BCUT2D eigenvalue weighted by atomic mass is 32.1. The fourth-order valence-electron chi connectivity index (χ4n) is 2.62. The van der Waals surface area contributed by atoms with Gasteiger partial charge in [0.1, 0.15) is 17.7 Å². The largest absolute Gasteiger partial charge is 0.370 e.